The number of fused-ring (bicyclic) bond motifs is 3. The van der Waals surface area contributed by atoms with Gasteiger partial charge in [0.1, 0.15) is 17.0 Å². The summed E-state index contributed by atoms with van der Waals surface area (Å²) in [5.41, 5.74) is 1.56. The Morgan fingerprint density at radius 3 is 2.67 bits per heavy atom. The van der Waals surface area contributed by atoms with Crippen molar-refractivity contribution in [3.8, 4) is 0 Å². The minimum absolute atomic E-state index is 1.08. The van der Waals surface area contributed by atoms with Crippen LogP contribution >= 0.6 is 11.3 Å². The van der Waals surface area contributed by atoms with E-state index in [-0.39, 0.29) is 0 Å². The third kappa shape index (κ3) is 2.42. The van der Waals surface area contributed by atoms with Crippen molar-refractivity contribution in [1.82, 2.24) is 14.9 Å². The van der Waals surface area contributed by atoms with Crippen LogP contribution in [0.25, 0.3) is 10.2 Å². The average molecular weight is 302 g/mol. The van der Waals surface area contributed by atoms with Gasteiger partial charge in [0, 0.05) is 31.1 Å². The van der Waals surface area contributed by atoms with E-state index in [1.807, 2.05) is 11.3 Å². The number of likely N-dealkylation sites (N-methyl/N-ethyl adjacent to an activating group) is 1. The highest BCUT2D eigenvalue weighted by Crippen LogP contribution is 2.38. The first kappa shape index (κ1) is 13.5. The lowest BCUT2D eigenvalue weighted by atomic mass is 10.1. The molecule has 4 nitrogen and oxygen atoms in total. The lowest BCUT2D eigenvalue weighted by Crippen LogP contribution is -2.44. The zero-order valence-corrected chi connectivity index (χ0v) is 13.5. The number of rotatable bonds is 1. The van der Waals surface area contributed by atoms with E-state index in [2.05, 4.69) is 26.8 Å². The minimum atomic E-state index is 1.08. The summed E-state index contributed by atoms with van der Waals surface area (Å²) < 4.78 is 0. The van der Waals surface area contributed by atoms with Crippen LogP contribution < -0.4 is 4.90 Å². The number of nitrogens with zero attached hydrogens (tertiary/aromatic N) is 4. The van der Waals surface area contributed by atoms with Gasteiger partial charge in [-0.1, -0.05) is 6.42 Å². The molecule has 0 amide bonds. The van der Waals surface area contributed by atoms with Crippen LogP contribution in [-0.4, -0.2) is 48.1 Å². The summed E-state index contributed by atoms with van der Waals surface area (Å²) in [6.45, 7) is 4.40. The molecule has 1 saturated heterocycles. The summed E-state index contributed by atoms with van der Waals surface area (Å²) in [6, 6.07) is 0. The van der Waals surface area contributed by atoms with Crippen LogP contribution in [0.1, 0.15) is 29.7 Å². The van der Waals surface area contributed by atoms with Gasteiger partial charge in [0.05, 0.1) is 5.39 Å². The Bertz CT molecular complexity index is 643. The van der Waals surface area contributed by atoms with Gasteiger partial charge in [0.2, 0.25) is 0 Å². The molecule has 0 radical (unpaired) electrons. The van der Waals surface area contributed by atoms with Crippen molar-refractivity contribution in [2.45, 2.75) is 32.1 Å². The molecule has 0 atom stereocenters. The zero-order chi connectivity index (χ0) is 14.2. The second-order valence-corrected chi connectivity index (χ2v) is 7.32. The highest BCUT2D eigenvalue weighted by molar-refractivity contribution is 7.18. The van der Waals surface area contributed by atoms with Crippen molar-refractivity contribution in [2.75, 3.05) is 38.1 Å². The smallest absolute Gasteiger partial charge is 0.141 e. The number of piperazine rings is 1. The molecule has 0 aromatic carbocycles. The first-order chi connectivity index (χ1) is 10.3. The molecule has 1 fully saturated rings. The standard InChI is InChI=1S/C16H22N4S/c1-19-7-9-20(10-8-19)15-14-12-5-3-2-4-6-13(12)21-16(14)18-11-17-15/h11H,2-10H2,1H3. The maximum Gasteiger partial charge on any atom is 0.141 e. The lowest BCUT2D eigenvalue weighted by molar-refractivity contribution is 0.312. The zero-order valence-electron chi connectivity index (χ0n) is 12.6. The second-order valence-electron chi connectivity index (χ2n) is 6.23. The van der Waals surface area contributed by atoms with Crippen molar-refractivity contribution in [3.63, 3.8) is 0 Å². The molecule has 5 heteroatoms. The van der Waals surface area contributed by atoms with Crippen LogP contribution in [0.15, 0.2) is 6.33 Å². The Morgan fingerprint density at radius 1 is 1.00 bits per heavy atom. The van der Waals surface area contributed by atoms with Gasteiger partial charge in [0.25, 0.3) is 0 Å². The molecule has 2 aliphatic rings. The molecule has 0 saturated carbocycles. The molecule has 0 unspecified atom stereocenters. The van der Waals surface area contributed by atoms with Gasteiger partial charge in [-0.15, -0.1) is 11.3 Å². The number of anilines is 1. The molecule has 2 aromatic heterocycles. The molecule has 21 heavy (non-hydrogen) atoms. The predicted octanol–water partition coefficient (Wildman–Crippen LogP) is 2.71. The molecule has 4 rings (SSSR count). The normalized spacial score (nSPS) is 20.5. The Morgan fingerprint density at radius 2 is 1.81 bits per heavy atom. The van der Waals surface area contributed by atoms with Crippen LogP contribution in [0.2, 0.25) is 0 Å². The maximum absolute atomic E-state index is 4.67. The van der Waals surface area contributed by atoms with Gasteiger partial charge in [-0.25, -0.2) is 9.97 Å². The lowest BCUT2D eigenvalue weighted by Gasteiger charge is -2.33. The third-order valence-corrected chi connectivity index (χ3v) is 5.98. The maximum atomic E-state index is 4.67. The molecule has 2 aromatic rings. The summed E-state index contributed by atoms with van der Waals surface area (Å²) in [5, 5.41) is 1.36. The Labute approximate surface area is 129 Å². The summed E-state index contributed by atoms with van der Waals surface area (Å²) in [7, 11) is 2.20. The van der Waals surface area contributed by atoms with Crippen LogP contribution in [0.5, 0.6) is 0 Å². The van der Waals surface area contributed by atoms with E-state index >= 15 is 0 Å². The molecule has 0 N–H and O–H groups in total. The largest absolute Gasteiger partial charge is 0.353 e. The van der Waals surface area contributed by atoms with Gasteiger partial charge >= 0.3 is 0 Å². The van der Waals surface area contributed by atoms with Crippen molar-refractivity contribution in [1.29, 1.82) is 0 Å². The van der Waals surface area contributed by atoms with Gasteiger partial charge in [-0.3, -0.25) is 0 Å². The van der Waals surface area contributed by atoms with Crippen molar-refractivity contribution in [2.24, 2.45) is 0 Å². The molecular weight excluding hydrogens is 280 g/mol. The summed E-state index contributed by atoms with van der Waals surface area (Å²) >= 11 is 1.90. The Kier molecular flexibility index (Phi) is 3.55. The summed E-state index contributed by atoms with van der Waals surface area (Å²) in [6.07, 6.45) is 8.21. The summed E-state index contributed by atoms with van der Waals surface area (Å²) in [5.74, 6) is 1.19. The number of hydrogen-bond donors (Lipinski definition) is 0. The predicted molar refractivity (Wildman–Crippen MR) is 88.4 cm³/mol. The van der Waals surface area contributed by atoms with Gasteiger partial charge < -0.3 is 9.80 Å². The fraction of sp³-hybridized carbons (Fsp3) is 0.625. The fourth-order valence-electron chi connectivity index (χ4n) is 3.51. The van der Waals surface area contributed by atoms with E-state index in [9.17, 15) is 0 Å². The van der Waals surface area contributed by atoms with Crippen LogP contribution in [-0.2, 0) is 12.8 Å². The van der Waals surface area contributed by atoms with E-state index in [1.165, 1.54) is 48.1 Å². The van der Waals surface area contributed by atoms with Crippen molar-refractivity contribution in [3.05, 3.63) is 16.8 Å². The number of aryl methyl sites for hydroxylation is 2. The highest BCUT2D eigenvalue weighted by atomic mass is 32.1. The van der Waals surface area contributed by atoms with Gasteiger partial charge in [0.15, 0.2) is 0 Å². The molecule has 1 aliphatic carbocycles. The topological polar surface area (TPSA) is 32.3 Å². The Hall–Kier alpha value is -1.20. The monoisotopic (exact) mass is 302 g/mol. The molecule has 112 valence electrons. The third-order valence-electron chi connectivity index (χ3n) is 4.78. The molecule has 0 spiro atoms. The summed E-state index contributed by atoms with van der Waals surface area (Å²) in [4.78, 5) is 16.8. The fourth-order valence-corrected chi connectivity index (χ4v) is 4.73. The quantitative estimate of drug-likeness (QED) is 0.758. The highest BCUT2D eigenvalue weighted by Gasteiger charge is 2.23. The van der Waals surface area contributed by atoms with Crippen LogP contribution in [0, 0.1) is 0 Å². The van der Waals surface area contributed by atoms with E-state index in [0.29, 0.717) is 0 Å². The number of aromatic nitrogens is 2. The van der Waals surface area contributed by atoms with E-state index in [4.69, 9.17) is 0 Å². The number of thiophene rings is 1. The molecule has 1 aliphatic heterocycles. The Balaban J connectivity index is 1.79. The second kappa shape index (κ2) is 5.54. The molecule has 0 bridgehead atoms. The van der Waals surface area contributed by atoms with Gasteiger partial charge in [-0.05, 0) is 38.3 Å². The molecule has 3 heterocycles. The first-order valence-electron chi connectivity index (χ1n) is 8.01. The minimum Gasteiger partial charge on any atom is -0.353 e. The van der Waals surface area contributed by atoms with E-state index in [1.54, 1.807) is 16.8 Å². The van der Waals surface area contributed by atoms with Crippen molar-refractivity contribution >= 4 is 27.4 Å². The van der Waals surface area contributed by atoms with Gasteiger partial charge in [-0.2, -0.15) is 0 Å². The van der Waals surface area contributed by atoms with Crippen LogP contribution in [0.3, 0.4) is 0 Å². The first-order valence-corrected chi connectivity index (χ1v) is 8.83. The van der Waals surface area contributed by atoms with Crippen LogP contribution in [0.4, 0.5) is 5.82 Å². The average Bonchev–Trinajstić information content (AvgIpc) is 2.70. The molecular formula is C16H22N4S. The van der Waals surface area contributed by atoms with Crippen molar-refractivity contribution < 1.29 is 0 Å². The van der Waals surface area contributed by atoms with E-state index < -0.39 is 0 Å². The SMILES string of the molecule is CN1CCN(c2ncnc3sc4c(c23)CCCCC4)CC1. The van der Waals surface area contributed by atoms with E-state index in [0.717, 1.165) is 26.2 Å². The number of hydrogen-bond acceptors (Lipinski definition) is 5.